The molecule has 0 bridgehead atoms. The second-order valence-electron chi connectivity index (χ2n) is 10.3. The van der Waals surface area contributed by atoms with Gasteiger partial charge in [-0.25, -0.2) is 28.7 Å². The molecule has 4 aromatic rings. The molecule has 0 amide bonds. The maximum atomic E-state index is 15.1. The predicted octanol–water partition coefficient (Wildman–Crippen LogP) is 5.74. The van der Waals surface area contributed by atoms with Gasteiger partial charge in [0.2, 0.25) is 0 Å². The van der Waals surface area contributed by atoms with Gasteiger partial charge in [-0.05, 0) is 25.6 Å². The van der Waals surface area contributed by atoms with Crippen LogP contribution in [0.3, 0.4) is 0 Å². The summed E-state index contributed by atoms with van der Waals surface area (Å²) in [5.41, 5.74) is 4.38. The van der Waals surface area contributed by atoms with Crippen LogP contribution >= 0.6 is 0 Å². The van der Waals surface area contributed by atoms with Gasteiger partial charge in [0.25, 0.3) is 0 Å². The van der Waals surface area contributed by atoms with Crippen LogP contribution in [0.5, 0.6) is 5.75 Å². The summed E-state index contributed by atoms with van der Waals surface area (Å²) in [5, 5.41) is 3.35. The van der Waals surface area contributed by atoms with E-state index in [2.05, 4.69) is 33.2 Å². The van der Waals surface area contributed by atoms with E-state index in [-0.39, 0.29) is 24.5 Å². The van der Waals surface area contributed by atoms with Crippen LogP contribution in [0.1, 0.15) is 41.6 Å². The number of allylic oxidation sites excluding steroid dienone is 1. The molecular formula is C32H35F2N7O2. The van der Waals surface area contributed by atoms with Crippen molar-refractivity contribution in [3.63, 3.8) is 0 Å². The zero-order valence-corrected chi connectivity index (χ0v) is 24.8. The lowest BCUT2D eigenvalue weighted by Gasteiger charge is -2.24. The number of benzene rings is 2. The summed E-state index contributed by atoms with van der Waals surface area (Å²) in [6.45, 7) is 3.97. The average molecular weight is 588 g/mol. The van der Waals surface area contributed by atoms with Crippen LogP contribution in [-0.2, 0) is 24.4 Å². The molecule has 0 unspecified atom stereocenters. The Labute approximate surface area is 250 Å². The van der Waals surface area contributed by atoms with Gasteiger partial charge >= 0.3 is 0 Å². The third kappa shape index (κ3) is 6.95. The quantitative estimate of drug-likeness (QED) is 0.209. The number of aromatic nitrogens is 4. The Morgan fingerprint density at radius 2 is 1.88 bits per heavy atom. The summed E-state index contributed by atoms with van der Waals surface area (Å²) >= 11 is 0. The normalized spacial score (nSPS) is 13.2. The number of anilines is 3. The Balaban J connectivity index is 1.49. The molecule has 0 saturated carbocycles. The van der Waals surface area contributed by atoms with Crippen LogP contribution < -0.4 is 15.0 Å². The van der Waals surface area contributed by atoms with Crippen LogP contribution in [0.2, 0.25) is 0 Å². The van der Waals surface area contributed by atoms with E-state index in [4.69, 9.17) is 19.4 Å². The molecule has 0 aliphatic carbocycles. The van der Waals surface area contributed by atoms with Crippen LogP contribution in [0, 0.1) is 11.6 Å². The van der Waals surface area contributed by atoms with Gasteiger partial charge in [0, 0.05) is 80.1 Å². The van der Waals surface area contributed by atoms with Crippen molar-refractivity contribution < 1.29 is 18.3 Å². The molecule has 0 radical (unpaired) electrons. The highest BCUT2D eigenvalue weighted by molar-refractivity contribution is 5.84. The van der Waals surface area contributed by atoms with Crippen molar-refractivity contribution in [2.75, 3.05) is 44.6 Å². The third-order valence-electron chi connectivity index (χ3n) is 7.09. The second-order valence-corrected chi connectivity index (χ2v) is 10.3. The number of methoxy groups -OCH3 is 1. The van der Waals surface area contributed by atoms with Crippen molar-refractivity contribution in [3.05, 3.63) is 101 Å². The van der Waals surface area contributed by atoms with E-state index in [1.54, 1.807) is 12.3 Å². The van der Waals surface area contributed by atoms with E-state index in [1.807, 2.05) is 43.3 Å². The van der Waals surface area contributed by atoms with Crippen LogP contribution in [0.4, 0.5) is 26.1 Å². The van der Waals surface area contributed by atoms with Gasteiger partial charge in [-0.2, -0.15) is 0 Å². The Bertz CT molecular complexity index is 1580. The first-order chi connectivity index (χ1) is 20.9. The highest BCUT2D eigenvalue weighted by atomic mass is 19.1. The molecule has 5 rings (SSSR count). The topological polar surface area (TPSA) is 88.5 Å². The minimum absolute atomic E-state index is 0.00277. The maximum Gasteiger partial charge on any atom is 0.162 e. The van der Waals surface area contributed by atoms with Gasteiger partial charge in [0.05, 0.1) is 12.3 Å². The Morgan fingerprint density at radius 1 is 1.09 bits per heavy atom. The molecular weight excluding hydrogens is 552 g/mol. The number of hydrogen-bond donors (Lipinski definition) is 1. The van der Waals surface area contributed by atoms with E-state index in [0.717, 1.165) is 34.5 Å². The molecule has 0 spiro atoms. The lowest BCUT2D eigenvalue weighted by atomic mass is 10.00. The smallest absolute Gasteiger partial charge is 0.162 e. The Hall–Kier alpha value is -4.48. The fourth-order valence-electron chi connectivity index (χ4n) is 5.06. The van der Waals surface area contributed by atoms with Crippen LogP contribution in [-0.4, -0.2) is 59.3 Å². The fraction of sp³-hybridized carbons (Fsp3) is 0.312. The monoisotopic (exact) mass is 587 g/mol. The van der Waals surface area contributed by atoms with Crippen molar-refractivity contribution in [1.82, 2.24) is 24.8 Å². The standard InChI is InChI=1S/C32H35F2N7O2/c1-5-8-23(31-37-28-19-40(2)17-25(28)32(39-31)38-30-11-12-35-20-36-30)22-9-6-7-10-29(22)41(3)18-24-26(33)15-21(16-27(24)34)43-14-13-42-4/h6-12,15-16,20H,5,13-14,17-19H2,1-4H3,(H,35,36,37,38,39)/b23-8-. The van der Waals surface area contributed by atoms with Crippen molar-refractivity contribution in [2.45, 2.75) is 33.0 Å². The highest BCUT2D eigenvalue weighted by Gasteiger charge is 2.26. The van der Waals surface area contributed by atoms with E-state index in [0.29, 0.717) is 37.2 Å². The van der Waals surface area contributed by atoms with E-state index >= 15 is 8.78 Å². The Morgan fingerprint density at radius 3 is 2.60 bits per heavy atom. The van der Waals surface area contributed by atoms with Gasteiger partial charge in [-0.3, -0.25) is 4.90 Å². The molecule has 0 saturated heterocycles. The average Bonchev–Trinajstić information content (AvgIpc) is 3.39. The summed E-state index contributed by atoms with van der Waals surface area (Å²) in [5.74, 6) is 0.658. The van der Waals surface area contributed by atoms with Gasteiger partial charge in [-0.15, -0.1) is 0 Å². The molecule has 1 N–H and O–H groups in total. The number of para-hydroxylation sites is 1. The molecule has 0 atom stereocenters. The summed E-state index contributed by atoms with van der Waals surface area (Å²) < 4.78 is 40.5. The predicted molar refractivity (Wildman–Crippen MR) is 162 cm³/mol. The van der Waals surface area contributed by atoms with Crippen molar-refractivity contribution in [1.29, 1.82) is 0 Å². The van der Waals surface area contributed by atoms with Crippen LogP contribution in [0.15, 0.2) is 61.1 Å². The number of rotatable bonds is 12. The molecule has 3 heterocycles. The van der Waals surface area contributed by atoms with Gasteiger partial charge in [0.1, 0.15) is 42.0 Å². The first-order valence-corrected chi connectivity index (χ1v) is 14.1. The number of halogens is 2. The van der Waals surface area contributed by atoms with Crippen molar-refractivity contribution in [3.8, 4) is 5.75 Å². The maximum absolute atomic E-state index is 15.1. The number of hydrogen-bond acceptors (Lipinski definition) is 9. The molecule has 9 nitrogen and oxygen atoms in total. The van der Waals surface area contributed by atoms with E-state index < -0.39 is 11.6 Å². The third-order valence-corrected chi connectivity index (χ3v) is 7.09. The van der Waals surface area contributed by atoms with E-state index in [9.17, 15) is 0 Å². The SMILES string of the molecule is CC/C=C(\c1nc2c(c(Nc3ccncn3)n1)CN(C)C2)c1ccccc1N(C)Cc1c(F)cc(OCCOC)cc1F. The first-order valence-electron chi connectivity index (χ1n) is 14.1. The summed E-state index contributed by atoms with van der Waals surface area (Å²) in [6, 6.07) is 11.9. The molecule has 224 valence electrons. The Kier molecular flexibility index (Phi) is 9.53. The van der Waals surface area contributed by atoms with Crippen LogP contribution in [0.25, 0.3) is 5.57 Å². The van der Waals surface area contributed by atoms with Crippen molar-refractivity contribution >= 4 is 22.9 Å². The lowest BCUT2D eigenvalue weighted by molar-refractivity contribution is 0.146. The molecule has 43 heavy (non-hydrogen) atoms. The van der Waals surface area contributed by atoms with Gasteiger partial charge < -0.3 is 19.7 Å². The van der Waals surface area contributed by atoms with E-state index in [1.165, 1.54) is 25.6 Å². The summed E-state index contributed by atoms with van der Waals surface area (Å²) in [4.78, 5) is 22.3. The number of nitrogens with zero attached hydrogens (tertiary/aromatic N) is 6. The molecule has 11 heteroatoms. The molecule has 1 aliphatic rings. The number of nitrogens with one attached hydrogen (secondary N) is 1. The van der Waals surface area contributed by atoms with Crippen molar-refractivity contribution in [2.24, 2.45) is 0 Å². The lowest BCUT2D eigenvalue weighted by Crippen LogP contribution is -2.20. The second kappa shape index (κ2) is 13.7. The molecule has 2 aromatic carbocycles. The summed E-state index contributed by atoms with van der Waals surface area (Å²) in [6.07, 6.45) is 5.97. The zero-order chi connectivity index (χ0) is 30.3. The molecule has 2 aromatic heterocycles. The largest absolute Gasteiger partial charge is 0.491 e. The molecule has 1 aliphatic heterocycles. The van der Waals surface area contributed by atoms with Gasteiger partial charge in [-0.1, -0.05) is 31.2 Å². The number of ether oxygens (including phenoxy) is 2. The van der Waals surface area contributed by atoms with Gasteiger partial charge in [0.15, 0.2) is 5.82 Å². The fourth-order valence-corrected chi connectivity index (χ4v) is 5.06. The minimum Gasteiger partial charge on any atom is -0.491 e. The highest BCUT2D eigenvalue weighted by Crippen LogP contribution is 2.35. The zero-order valence-electron chi connectivity index (χ0n) is 24.8. The first kappa shape index (κ1) is 30.0. The number of fused-ring (bicyclic) bond motifs is 1. The summed E-state index contributed by atoms with van der Waals surface area (Å²) in [7, 11) is 5.39. The molecule has 0 fully saturated rings. The minimum atomic E-state index is -0.674.